The zero-order chi connectivity index (χ0) is 14.4. The zero-order valence-corrected chi connectivity index (χ0v) is 11.4. The predicted octanol–water partition coefficient (Wildman–Crippen LogP) is 2.33. The first kappa shape index (κ1) is 14.4. The molecule has 0 atom stereocenters. The number of amides is 2. The lowest BCUT2D eigenvalue weighted by Gasteiger charge is -2.28. The fraction of sp³-hybridized carbons (Fsp3) is 0.467. The van der Waals surface area contributed by atoms with Crippen LogP contribution >= 0.6 is 0 Å². The Morgan fingerprint density at radius 3 is 2.55 bits per heavy atom. The van der Waals surface area contributed by atoms with Gasteiger partial charge in [-0.15, -0.1) is 0 Å². The Labute approximate surface area is 118 Å². The molecule has 2 amide bonds. The van der Waals surface area contributed by atoms with Gasteiger partial charge in [-0.1, -0.05) is 12.8 Å². The van der Waals surface area contributed by atoms with E-state index in [9.17, 15) is 4.79 Å². The molecule has 1 saturated carbocycles. The molecule has 0 radical (unpaired) electrons. The van der Waals surface area contributed by atoms with Gasteiger partial charge in [0, 0.05) is 18.3 Å². The van der Waals surface area contributed by atoms with Gasteiger partial charge in [0.15, 0.2) is 0 Å². The molecule has 2 rings (SSSR count). The van der Waals surface area contributed by atoms with E-state index in [4.69, 9.17) is 10.4 Å². The lowest BCUT2D eigenvalue weighted by Crippen LogP contribution is -2.43. The minimum Gasteiger partial charge on any atom is -0.395 e. The van der Waals surface area contributed by atoms with E-state index in [-0.39, 0.29) is 18.7 Å². The molecule has 1 aromatic carbocycles. The number of carbonyl (C=O) groups excluding carboxylic acids is 1. The summed E-state index contributed by atoms with van der Waals surface area (Å²) in [6, 6.07) is 8.83. The van der Waals surface area contributed by atoms with Crippen molar-refractivity contribution in [1.29, 1.82) is 5.26 Å². The fourth-order valence-corrected chi connectivity index (χ4v) is 2.60. The van der Waals surface area contributed by atoms with Crippen LogP contribution in [0.3, 0.4) is 0 Å². The Morgan fingerprint density at radius 2 is 2.00 bits per heavy atom. The molecule has 1 aromatic rings. The lowest BCUT2D eigenvalue weighted by molar-refractivity contribution is 0.163. The van der Waals surface area contributed by atoms with Crippen LogP contribution < -0.4 is 5.32 Å². The summed E-state index contributed by atoms with van der Waals surface area (Å²) in [7, 11) is 0. The Kier molecular flexibility index (Phi) is 4.97. The van der Waals surface area contributed by atoms with E-state index in [1.165, 1.54) is 0 Å². The number of benzene rings is 1. The van der Waals surface area contributed by atoms with Crippen LogP contribution in [0.25, 0.3) is 0 Å². The molecule has 2 N–H and O–H groups in total. The molecule has 20 heavy (non-hydrogen) atoms. The predicted molar refractivity (Wildman–Crippen MR) is 76.2 cm³/mol. The molecule has 0 spiro atoms. The van der Waals surface area contributed by atoms with Crippen molar-refractivity contribution >= 4 is 11.7 Å². The van der Waals surface area contributed by atoms with Gasteiger partial charge >= 0.3 is 6.03 Å². The molecule has 0 bridgehead atoms. The highest BCUT2D eigenvalue weighted by atomic mass is 16.3. The van der Waals surface area contributed by atoms with Gasteiger partial charge in [0.05, 0.1) is 18.2 Å². The molecule has 1 aliphatic carbocycles. The molecule has 0 aliphatic heterocycles. The average molecular weight is 273 g/mol. The highest BCUT2D eigenvalue weighted by Gasteiger charge is 2.26. The van der Waals surface area contributed by atoms with Gasteiger partial charge in [0.1, 0.15) is 0 Å². The van der Waals surface area contributed by atoms with Crippen molar-refractivity contribution in [3.63, 3.8) is 0 Å². The monoisotopic (exact) mass is 273 g/mol. The van der Waals surface area contributed by atoms with Crippen LogP contribution in [0.5, 0.6) is 0 Å². The van der Waals surface area contributed by atoms with E-state index in [0.717, 1.165) is 25.7 Å². The third-order valence-electron chi connectivity index (χ3n) is 3.63. The smallest absolute Gasteiger partial charge is 0.322 e. The number of hydrogen-bond donors (Lipinski definition) is 2. The fourth-order valence-electron chi connectivity index (χ4n) is 2.60. The van der Waals surface area contributed by atoms with Gasteiger partial charge in [-0.25, -0.2) is 4.79 Å². The second-order valence-electron chi connectivity index (χ2n) is 4.97. The van der Waals surface area contributed by atoms with Gasteiger partial charge in [-0.2, -0.15) is 5.26 Å². The maximum atomic E-state index is 12.3. The number of hydrogen-bond acceptors (Lipinski definition) is 3. The van der Waals surface area contributed by atoms with Crippen LogP contribution in [0, 0.1) is 11.3 Å². The summed E-state index contributed by atoms with van der Waals surface area (Å²) in [6.45, 7) is 0.323. The number of rotatable bonds is 4. The lowest BCUT2D eigenvalue weighted by atomic mass is 10.2. The van der Waals surface area contributed by atoms with Gasteiger partial charge < -0.3 is 15.3 Å². The Morgan fingerprint density at radius 1 is 1.35 bits per heavy atom. The number of nitriles is 1. The van der Waals surface area contributed by atoms with E-state index >= 15 is 0 Å². The van der Waals surface area contributed by atoms with Crippen molar-refractivity contribution in [2.45, 2.75) is 31.7 Å². The Bertz CT molecular complexity index is 487. The number of nitrogens with one attached hydrogen (secondary N) is 1. The minimum absolute atomic E-state index is 0.0305. The molecule has 0 saturated heterocycles. The van der Waals surface area contributed by atoms with Crippen LogP contribution in [0.1, 0.15) is 31.2 Å². The summed E-state index contributed by atoms with van der Waals surface area (Å²) in [5.41, 5.74) is 1.22. The van der Waals surface area contributed by atoms with E-state index in [0.29, 0.717) is 17.8 Å². The molecular weight excluding hydrogens is 254 g/mol. The number of aliphatic hydroxyl groups is 1. The van der Waals surface area contributed by atoms with Crippen molar-refractivity contribution in [1.82, 2.24) is 4.90 Å². The minimum atomic E-state index is -0.185. The van der Waals surface area contributed by atoms with Crippen LogP contribution in [0.15, 0.2) is 24.3 Å². The molecular formula is C15H19N3O2. The summed E-state index contributed by atoms with van der Waals surface area (Å²) in [5, 5.41) is 20.7. The quantitative estimate of drug-likeness (QED) is 0.884. The summed E-state index contributed by atoms with van der Waals surface area (Å²) < 4.78 is 0. The largest absolute Gasteiger partial charge is 0.395 e. The SMILES string of the molecule is N#Cc1ccc(NC(=O)N(CCO)C2CCCC2)cc1. The van der Waals surface area contributed by atoms with Gasteiger partial charge in [0.2, 0.25) is 0 Å². The third kappa shape index (κ3) is 3.49. The normalized spacial score (nSPS) is 14.8. The first-order valence-electron chi connectivity index (χ1n) is 6.93. The first-order valence-corrected chi connectivity index (χ1v) is 6.93. The summed E-state index contributed by atoms with van der Waals surface area (Å²) in [4.78, 5) is 14.0. The van der Waals surface area contributed by atoms with Crippen LogP contribution in [0.4, 0.5) is 10.5 Å². The highest BCUT2D eigenvalue weighted by Crippen LogP contribution is 2.24. The van der Waals surface area contributed by atoms with Crippen molar-refractivity contribution in [2.24, 2.45) is 0 Å². The van der Waals surface area contributed by atoms with Crippen LogP contribution in [-0.2, 0) is 0 Å². The average Bonchev–Trinajstić information content (AvgIpc) is 2.99. The summed E-state index contributed by atoms with van der Waals surface area (Å²) in [6.07, 6.45) is 4.27. The second kappa shape index (κ2) is 6.92. The van der Waals surface area contributed by atoms with Gasteiger partial charge in [-0.3, -0.25) is 0 Å². The Hall–Kier alpha value is -2.06. The third-order valence-corrected chi connectivity index (χ3v) is 3.63. The maximum Gasteiger partial charge on any atom is 0.322 e. The molecule has 0 aromatic heterocycles. The van der Waals surface area contributed by atoms with Gasteiger partial charge in [0.25, 0.3) is 0 Å². The topological polar surface area (TPSA) is 76.4 Å². The number of anilines is 1. The standard InChI is InChI=1S/C15H19N3O2/c16-11-12-5-7-13(8-6-12)17-15(20)18(9-10-19)14-3-1-2-4-14/h5-8,14,19H,1-4,9-10H2,(H,17,20). The first-order chi connectivity index (χ1) is 9.74. The van der Waals surface area contributed by atoms with Crippen molar-refractivity contribution in [2.75, 3.05) is 18.5 Å². The number of nitrogens with zero attached hydrogens (tertiary/aromatic N) is 2. The van der Waals surface area contributed by atoms with Crippen LogP contribution in [-0.4, -0.2) is 35.2 Å². The van der Waals surface area contributed by atoms with E-state index in [2.05, 4.69) is 5.32 Å². The van der Waals surface area contributed by atoms with E-state index in [1.54, 1.807) is 29.2 Å². The van der Waals surface area contributed by atoms with E-state index < -0.39 is 0 Å². The van der Waals surface area contributed by atoms with Crippen molar-refractivity contribution < 1.29 is 9.90 Å². The molecule has 5 heteroatoms. The summed E-state index contributed by atoms with van der Waals surface area (Å²) >= 11 is 0. The Balaban J connectivity index is 2.01. The van der Waals surface area contributed by atoms with Crippen molar-refractivity contribution in [3.05, 3.63) is 29.8 Å². The molecule has 1 aliphatic rings. The molecule has 106 valence electrons. The molecule has 1 fully saturated rings. The highest BCUT2D eigenvalue weighted by molar-refractivity contribution is 5.89. The van der Waals surface area contributed by atoms with Crippen LogP contribution in [0.2, 0.25) is 0 Å². The maximum absolute atomic E-state index is 12.3. The number of aliphatic hydroxyl groups excluding tert-OH is 1. The molecule has 0 heterocycles. The summed E-state index contributed by atoms with van der Waals surface area (Å²) in [5.74, 6) is 0. The molecule has 5 nitrogen and oxygen atoms in total. The second-order valence-corrected chi connectivity index (χ2v) is 4.97. The van der Waals surface area contributed by atoms with Gasteiger partial charge in [-0.05, 0) is 37.1 Å². The van der Waals surface area contributed by atoms with E-state index in [1.807, 2.05) is 6.07 Å². The number of carbonyl (C=O) groups is 1. The van der Waals surface area contributed by atoms with Crippen molar-refractivity contribution in [3.8, 4) is 6.07 Å². The molecule has 0 unspecified atom stereocenters. The number of urea groups is 1. The zero-order valence-electron chi connectivity index (χ0n) is 11.4.